The van der Waals surface area contributed by atoms with Gasteiger partial charge in [-0.2, -0.15) is 0 Å². The van der Waals surface area contributed by atoms with Crippen LogP contribution in [-0.2, 0) is 17.8 Å². The van der Waals surface area contributed by atoms with Gasteiger partial charge in [-0.25, -0.2) is 4.79 Å². The molecule has 1 saturated carbocycles. The highest BCUT2D eigenvalue weighted by Crippen LogP contribution is 2.32. The van der Waals surface area contributed by atoms with Crippen LogP contribution in [0.15, 0.2) is 9.59 Å². The number of nitrogens with zero attached hydrogens (tertiary/aromatic N) is 2. The van der Waals surface area contributed by atoms with Crippen LogP contribution in [0.3, 0.4) is 0 Å². The van der Waals surface area contributed by atoms with Crippen LogP contribution in [-0.4, -0.2) is 35.9 Å². The van der Waals surface area contributed by atoms with E-state index in [0.717, 1.165) is 41.1 Å². The molecule has 0 amide bonds. The number of aryl methyl sites for hydroxylation is 1. The lowest BCUT2D eigenvalue weighted by molar-refractivity contribution is 0.185. The summed E-state index contributed by atoms with van der Waals surface area (Å²) in [5.41, 5.74) is 6.15. The molecule has 25 heavy (non-hydrogen) atoms. The molecule has 0 unspecified atom stereocenters. The van der Waals surface area contributed by atoms with Gasteiger partial charge in [-0.05, 0) is 31.7 Å². The molecule has 8 heteroatoms. The minimum Gasteiger partial charge on any atom is -0.383 e. The molecular weight excluding hydrogens is 340 g/mol. The zero-order chi connectivity index (χ0) is 18.0. The number of rotatable bonds is 8. The van der Waals surface area contributed by atoms with Crippen LogP contribution in [0.4, 0.5) is 0 Å². The second-order valence-corrected chi connectivity index (χ2v) is 7.57. The third kappa shape index (κ3) is 3.31. The molecule has 1 fully saturated rings. The molecule has 0 aromatic carbocycles. The summed E-state index contributed by atoms with van der Waals surface area (Å²) in [4.78, 5) is 27.9. The quantitative estimate of drug-likeness (QED) is 0.679. The fourth-order valence-corrected chi connectivity index (χ4v) is 4.51. The molecule has 0 bridgehead atoms. The van der Waals surface area contributed by atoms with E-state index in [-0.39, 0.29) is 17.3 Å². The van der Waals surface area contributed by atoms with Crippen molar-refractivity contribution in [3.63, 3.8) is 0 Å². The van der Waals surface area contributed by atoms with E-state index in [1.807, 2.05) is 6.92 Å². The van der Waals surface area contributed by atoms with Crippen molar-refractivity contribution in [1.29, 1.82) is 0 Å². The Hall–Kier alpha value is -1.48. The zero-order valence-electron chi connectivity index (χ0n) is 14.8. The standard InChI is InChI=1S/C17H26N4O3S/c1-11-13(10-19-7-6-18)25-16-14(11)15(22)21(12-4-3-5-12)17(23)20(16)8-9-24-2/h12,19H,3-10,18H2,1-2H3. The molecule has 2 heterocycles. The molecule has 7 nitrogen and oxygen atoms in total. The predicted octanol–water partition coefficient (Wildman–Crippen LogP) is 0.953. The SMILES string of the molecule is COCCn1c(=O)n(C2CCC2)c(=O)c2c(C)c(CNCCN)sc21. The molecule has 1 aliphatic carbocycles. The summed E-state index contributed by atoms with van der Waals surface area (Å²) >= 11 is 1.52. The van der Waals surface area contributed by atoms with E-state index in [1.54, 1.807) is 11.7 Å². The van der Waals surface area contributed by atoms with Crippen LogP contribution in [0.2, 0.25) is 0 Å². The Morgan fingerprint density at radius 3 is 2.72 bits per heavy atom. The van der Waals surface area contributed by atoms with Crippen molar-refractivity contribution in [1.82, 2.24) is 14.5 Å². The second-order valence-electron chi connectivity index (χ2n) is 6.48. The fourth-order valence-electron chi connectivity index (χ4n) is 3.23. The number of hydrogen-bond acceptors (Lipinski definition) is 6. The molecule has 0 radical (unpaired) electrons. The molecule has 2 aromatic heterocycles. The van der Waals surface area contributed by atoms with E-state index < -0.39 is 0 Å². The average Bonchev–Trinajstić information content (AvgIpc) is 2.87. The Balaban J connectivity index is 2.17. The Morgan fingerprint density at radius 2 is 2.12 bits per heavy atom. The summed E-state index contributed by atoms with van der Waals surface area (Å²) in [5.74, 6) is 0. The van der Waals surface area contributed by atoms with Crippen LogP contribution in [0.1, 0.15) is 35.7 Å². The predicted molar refractivity (Wildman–Crippen MR) is 101 cm³/mol. The lowest BCUT2D eigenvalue weighted by atomic mass is 9.93. The van der Waals surface area contributed by atoms with Gasteiger partial charge in [-0.15, -0.1) is 11.3 Å². The molecule has 138 valence electrons. The van der Waals surface area contributed by atoms with Gasteiger partial charge in [-0.1, -0.05) is 0 Å². The smallest absolute Gasteiger partial charge is 0.332 e. The minimum absolute atomic E-state index is 0.0383. The van der Waals surface area contributed by atoms with Crippen LogP contribution in [0, 0.1) is 6.92 Å². The summed E-state index contributed by atoms with van der Waals surface area (Å²) < 4.78 is 8.35. The second kappa shape index (κ2) is 7.82. The summed E-state index contributed by atoms with van der Waals surface area (Å²) in [7, 11) is 1.62. The number of ether oxygens (including phenoxy) is 1. The third-order valence-corrected chi connectivity index (χ3v) is 6.22. The van der Waals surface area contributed by atoms with E-state index in [9.17, 15) is 9.59 Å². The number of aromatic nitrogens is 2. The molecular formula is C17H26N4O3S. The molecule has 0 saturated heterocycles. The maximum absolute atomic E-state index is 13.1. The molecule has 3 rings (SSSR count). The number of nitrogens with two attached hydrogens (primary N) is 1. The largest absolute Gasteiger partial charge is 0.383 e. The van der Waals surface area contributed by atoms with Crippen molar-refractivity contribution < 1.29 is 4.74 Å². The van der Waals surface area contributed by atoms with E-state index in [2.05, 4.69) is 5.32 Å². The Kier molecular flexibility index (Phi) is 5.73. The van der Waals surface area contributed by atoms with Crippen molar-refractivity contribution in [3.8, 4) is 0 Å². The molecule has 0 atom stereocenters. The van der Waals surface area contributed by atoms with Gasteiger partial charge in [0.2, 0.25) is 0 Å². The van der Waals surface area contributed by atoms with Gasteiger partial charge < -0.3 is 15.8 Å². The Bertz CT molecular complexity index is 863. The summed E-state index contributed by atoms with van der Waals surface area (Å²) in [5, 5.41) is 3.95. The summed E-state index contributed by atoms with van der Waals surface area (Å²) in [6, 6.07) is 0.0383. The monoisotopic (exact) mass is 366 g/mol. The van der Waals surface area contributed by atoms with Crippen molar-refractivity contribution in [2.24, 2.45) is 5.73 Å². The van der Waals surface area contributed by atoms with Crippen LogP contribution in [0.5, 0.6) is 0 Å². The van der Waals surface area contributed by atoms with Gasteiger partial charge in [0.1, 0.15) is 4.83 Å². The number of methoxy groups -OCH3 is 1. The highest BCUT2D eigenvalue weighted by molar-refractivity contribution is 7.18. The van der Waals surface area contributed by atoms with Crippen molar-refractivity contribution in [2.45, 2.75) is 45.3 Å². The first-order chi connectivity index (χ1) is 12.1. The van der Waals surface area contributed by atoms with Gasteiger partial charge in [0, 0.05) is 37.7 Å². The van der Waals surface area contributed by atoms with Crippen LogP contribution in [0.25, 0.3) is 10.2 Å². The first kappa shape index (κ1) is 18.3. The van der Waals surface area contributed by atoms with E-state index >= 15 is 0 Å². The van der Waals surface area contributed by atoms with E-state index in [4.69, 9.17) is 10.5 Å². The normalized spacial score (nSPS) is 15.0. The van der Waals surface area contributed by atoms with Crippen LogP contribution >= 0.6 is 11.3 Å². The molecule has 0 aliphatic heterocycles. The van der Waals surface area contributed by atoms with Gasteiger partial charge in [-0.3, -0.25) is 13.9 Å². The van der Waals surface area contributed by atoms with Gasteiger partial charge in [0.15, 0.2) is 0 Å². The highest BCUT2D eigenvalue weighted by Gasteiger charge is 2.27. The maximum atomic E-state index is 13.1. The lowest BCUT2D eigenvalue weighted by Crippen LogP contribution is -2.44. The van der Waals surface area contributed by atoms with Gasteiger partial charge >= 0.3 is 5.69 Å². The maximum Gasteiger partial charge on any atom is 0.332 e. The molecule has 0 spiro atoms. The third-order valence-electron chi connectivity index (χ3n) is 4.91. The summed E-state index contributed by atoms with van der Waals surface area (Å²) in [6.07, 6.45) is 2.88. The Morgan fingerprint density at radius 1 is 1.36 bits per heavy atom. The van der Waals surface area contributed by atoms with E-state index in [0.29, 0.717) is 31.6 Å². The van der Waals surface area contributed by atoms with Crippen LogP contribution < -0.4 is 22.3 Å². The number of fused-ring (bicyclic) bond motifs is 1. The number of nitrogens with one attached hydrogen (secondary N) is 1. The van der Waals surface area contributed by atoms with Crippen molar-refractivity contribution >= 4 is 21.6 Å². The topological polar surface area (TPSA) is 91.3 Å². The van der Waals surface area contributed by atoms with E-state index in [1.165, 1.54) is 15.9 Å². The van der Waals surface area contributed by atoms with Gasteiger partial charge in [0.25, 0.3) is 5.56 Å². The van der Waals surface area contributed by atoms with Gasteiger partial charge in [0.05, 0.1) is 18.5 Å². The van der Waals surface area contributed by atoms with Crippen molar-refractivity contribution in [3.05, 3.63) is 31.3 Å². The number of hydrogen-bond donors (Lipinski definition) is 2. The first-order valence-electron chi connectivity index (χ1n) is 8.77. The molecule has 3 N–H and O–H groups in total. The Labute approximate surface area is 150 Å². The lowest BCUT2D eigenvalue weighted by Gasteiger charge is -2.27. The van der Waals surface area contributed by atoms with Crippen molar-refractivity contribution in [2.75, 3.05) is 26.8 Å². The molecule has 1 aliphatic rings. The zero-order valence-corrected chi connectivity index (χ0v) is 15.7. The molecule has 2 aromatic rings. The number of thiophene rings is 1. The minimum atomic E-state index is -0.207. The highest BCUT2D eigenvalue weighted by atomic mass is 32.1. The first-order valence-corrected chi connectivity index (χ1v) is 9.58. The average molecular weight is 366 g/mol. The fraction of sp³-hybridized carbons (Fsp3) is 0.647. The summed E-state index contributed by atoms with van der Waals surface area (Å²) in [6.45, 7) is 4.80.